The van der Waals surface area contributed by atoms with Crippen molar-refractivity contribution < 1.29 is 4.79 Å². The maximum Gasteiger partial charge on any atom is 0.282 e. The molecule has 9 heteroatoms. The van der Waals surface area contributed by atoms with E-state index in [-0.39, 0.29) is 34.9 Å². The van der Waals surface area contributed by atoms with Crippen LogP contribution in [0.1, 0.15) is 16.7 Å². The van der Waals surface area contributed by atoms with Gasteiger partial charge in [0.2, 0.25) is 5.91 Å². The minimum absolute atomic E-state index is 0.0771. The van der Waals surface area contributed by atoms with Crippen molar-refractivity contribution in [3.05, 3.63) is 86.9 Å². The average molecular weight is 466 g/mol. The predicted molar refractivity (Wildman–Crippen MR) is 127 cm³/mol. The number of thioether (sulfide) groups is 1. The van der Waals surface area contributed by atoms with E-state index in [1.807, 2.05) is 50.2 Å². The molecular weight excluding hydrogens is 446 g/mol. The van der Waals surface area contributed by atoms with Crippen LogP contribution in [-0.4, -0.2) is 31.2 Å². The molecule has 0 spiro atoms. The fraction of sp³-hybridized carbons (Fsp3) is 0.174. The lowest BCUT2D eigenvalue weighted by Gasteiger charge is -2.13. The number of aromatic nitrogens is 4. The summed E-state index contributed by atoms with van der Waals surface area (Å²) in [5.41, 5.74) is 3.71. The smallest absolute Gasteiger partial charge is 0.282 e. The van der Waals surface area contributed by atoms with E-state index in [9.17, 15) is 9.59 Å². The van der Waals surface area contributed by atoms with Gasteiger partial charge in [-0.1, -0.05) is 47.6 Å². The van der Waals surface area contributed by atoms with Crippen molar-refractivity contribution in [2.45, 2.75) is 25.5 Å². The van der Waals surface area contributed by atoms with E-state index in [4.69, 9.17) is 11.6 Å². The summed E-state index contributed by atoms with van der Waals surface area (Å²) in [6.07, 6.45) is 2.93. The van der Waals surface area contributed by atoms with Gasteiger partial charge in [0, 0.05) is 23.1 Å². The first kappa shape index (κ1) is 22.0. The highest BCUT2D eigenvalue weighted by Gasteiger charge is 2.16. The highest BCUT2D eigenvalue weighted by molar-refractivity contribution is 7.99. The molecule has 7 nitrogen and oxygen atoms in total. The number of fused-ring (bicyclic) bond motifs is 1. The predicted octanol–water partition coefficient (Wildman–Crippen LogP) is 4.24. The number of rotatable bonds is 6. The Morgan fingerprint density at radius 2 is 1.81 bits per heavy atom. The molecule has 4 aromatic rings. The van der Waals surface area contributed by atoms with Gasteiger partial charge < -0.3 is 5.32 Å². The fourth-order valence-corrected chi connectivity index (χ4v) is 4.33. The number of hydrogen-bond donors (Lipinski definition) is 1. The second-order valence-corrected chi connectivity index (χ2v) is 8.67. The lowest BCUT2D eigenvalue weighted by molar-refractivity contribution is -0.113. The topological polar surface area (TPSA) is 89.8 Å². The third-order valence-corrected chi connectivity index (χ3v) is 6.03. The lowest BCUT2D eigenvalue weighted by atomic mass is 10.1. The number of amides is 1. The van der Waals surface area contributed by atoms with Crippen molar-refractivity contribution in [2.75, 3.05) is 11.1 Å². The molecule has 162 valence electrons. The molecule has 0 fully saturated rings. The lowest BCUT2D eigenvalue weighted by Crippen LogP contribution is -2.26. The summed E-state index contributed by atoms with van der Waals surface area (Å²) in [6, 6.07) is 13.1. The Kier molecular flexibility index (Phi) is 6.53. The molecule has 0 bridgehead atoms. The largest absolute Gasteiger partial charge is 0.325 e. The van der Waals surface area contributed by atoms with Crippen molar-refractivity contribution >= 4 is 46.1 Å². The van der Waals surface area contributed by atoms with E-state index < -0.39 is 0 Å². The maximum absolute atomic E-state index is 13.1. The summed E-state index contributed by atoms with van der Waals surface area (Å²) in [6.45, 7) is 4.16. The number of anilines is 1. The van der Waals surface area contributed by atoms with Gasteiger partial charge in [-0.2, -0.15) is 0 Å². The van der Waals surface area contributed by atoms with Crippen LogP contribution in [0, 0.1) is 13.8 Å². The van der Waals surface area contributed by atoms with Gasteiger partial charge in [0.1, 0.15) is 0 Å². The molecule has 32 heavy (non-hydrogen) atoms. The molecule has 0 aliphatic heterocycles. The highest BCUT2D eigenvalue weighted by Crippen LogP contribution is 2.21. The molecule has 0 atom stereocenters. The summed E-state index contributed by atoms with van der Waals surface area (Å²) in [7, 11) is 0. The van der Waals surface area contributed by atoms with Crippen LogP contribution >= 0.6 is 23.4 Å². The Morgan fingerprint density at radius 1 is 1.09 bits per heavy atom. The molecule has 0 saturated heterocycles. The van der Waals surface area contributed by atoms with Crippen molar-refractivity contribution in [1.29, 1.82) is 0 Å². The SMILES string of the molecule is Cc1cc(C)cc(NC(=O)CSc2nc3nccnc3c(=O)n2Cc2ccccc2Cl)c1. The summed E-state index contributed by atoms with van der Waals surface area (Å²) < 4.78 is 1.48. The molecule has 0 aliphatic rings. The van der Waals surface area contributed by atoms with Crippen LogP contribution in [0.25, 0.3) is 11.2 Å². The normalized spacial score (nSPS) is 11.0. The van der Waals surface area contributed by atoms with Crippen molar-refractivity contribution in [1.82, 2.24) is 19.5 Å². The Bertz CT molecular complexity index is 1350. The average Bonchev–Trinajstić information content (AvgIpc) is 2.75. The summed E-state index contributed by atoms with van der Waals surface area (Å²) >= 11 is 7.47. The first-order chi connectivity index (χ1) is 15.4. The Hall–Kier alpha value is -3.23. The van der Waals surface area contributed by atoms with E-state index in [1.165, 1.54) is 28.7 Å². The second-order valence-electron chi connectivity index (χ2n) is 7.32. The van der Waals surface area contributed by atoms with E-state index in [1.54, 1.807) is 6.07 Å². The first-order valence-electron chi connectivity index (χ1n) is 9.86. The van der Waals surface area contributed by atoms with Gasteiger partial charge in [-0.3, -0.25) is 14.2 Å². The van der Waals surface area contributed by atoms with Crippen LogP contribution in [-0.2, 0) is 11.3 Å². The van der Waals surface area contributed by atoms with Gasteiger partial charge >= 0.3 is 0 Å². The van der Waals surface area contributed by atoms with Gasteiger partial charge in [-0.25, -0.2) is 15.0 Å². The van der Waals surface area contributed by atoms with Crippen LogP contribution in [0.4, 0.5) is 5.69 Å². The zero-order valence-electron chi connectivity index (χ0n) is 17.5. The molecule has 0 radical (unpaired) electrons. The Morgan fingerprint density at radius 3 is 2.56 bits per heavy atom. The molecule has 0 saturated carbocycles. The van der Waals surface area contributed by atoms with Crippen LogP contribution in [0.5, 0.6) is 0 Å². The Labute approximate surface area is 193 Å². The van der Waals surface area contributed by atoms with Crippen LogP contribution in [0.2, 0.25) is 5.02 Å². The van der Waals surface area contributed by atoms with Crippen LogP contribution in [0.3, 0.4) is 0 Å². The van der Waals surface area contributed by atoms with E-state index in [0.717, 1.165) is 22.4 Å². The number of hydrogen-bond acceptors (Lipinski definition) is 6. The van der Waals surface area contributed by atoms with Crippen molar-refractivity contribution in [3.63, 3.8) is 0 Å². The minimum Gasteiger partial charge on any atom is -0.325 e. The molecule has 1 N–H and O–H groups in total. The van der Waals surface area contributed by atoms with Gasteiger partial charge in [-0.05, 0) is 48.7 Å². The first-order valence-corrected chi connectivity index (χ1v) is 11.2. The van der Waals surface area contributed by atoms with Gasteiger partial charge in [-0.15, -0.1) is 0 Å². The van der Waals surface area contributed by atoms with Gasteiger partial charge in [0.25, 0.3) is 5.56 Å². The number of carbonyl (C=O) groups is 1. The zero-order chi connectivity index (χ0) is 22.7. The number of carbonyl (C=O) groups excluding carboxylic acids is 1. The molecule has 2 aromatic heterocycles. The van der Waals surface area contributed by atoms with E-state index in [2.05, 4.69) is 20.3 Å². The van der Waals surface area contributed by atoms with Gasteiger partial charge in [0.05, 0.1) is 12.3 Å². The molecule has 1 amide bonds. The van der Waals surface area contributed by atoms with Crippen molar-refractivity contribution in [2.24, 2.45) is 0 Å². The summed E-state index contributed by atoms with van der Waals surface area (Å²) in [5, 5.41) is 3.82. The second kappa shape index (κ2) is 9.50. The van der Waals surface area contributed by atoms with Crippen molar-refractivity contribution in [3.8, 4) is 0 Å². The van der Waals surface area contributed by atoms with Gasteiger partial charge in [0.15, 0.2) is 16.3 Å². The summed E-state index contributed by atoms with van der Waals surface area (Å²) in [5.74, 6) is -0.119. The standard InChI is InChI=1S/C23H20ClN5O2S/c1-14-9-15(2)11-17(10-14)27-19(30)13-32-23-28-21-20(25-7-8-26-21)22(31)29(23)12-16-5-3-4-6-18(16)24/h3-11H,12-13H2,1-2H3,(H,27,30). The van der Waals surface area contributed by atoms with E-state index in [0.29, 0.717) is 10.2 Å². The fourth-order valence-electron chi connectivity index (χ4n) is 3.35. The van der Waals surface area contributed by atoms with Crippen LogP contribution < -0.4 is 10.9 Å². The zero-order valence-corrected chi connectivity index (χ0v) is 19.1. The third-order valence-electron chi connectivity index (χ3n) is 4.68. The number of benzene rings is 2. The summed E-state index contributed by atoms with van der Waals surface area (Å²) in [4.78, 5) is 38.5. The van der Waals surface area contributed by atoms with Crippen LogP contribution in [0.15, 0.2) is 64.8 Å². The molecule has 2 aromatic carbocycles. The monoisotopic (exact) mass is 465 g/mol. The molecule has 0 unspecified atom stereocenters. The maximum atomic E-state index is 13.1. The quantitative estimate of drug-likeness (QED) is 0.338. The number of aryl methyl sites for hydroxylation is 2. The number of halogens is 1. The van der Waals surface area contributed by atoms with E-state index >= 15 is 0 Å². The third kappa shape index (κ3) is 4.98. The molecule has 2 heterocycles. The number of nitrogens with zero attached hydrogens (tertiary/aromatic N) is 4. The molecular formula is C23H20ClN5O2S. The number of nitrogens with one attached hydrogen (secondary N) is 1. The Balaban J connectivity index is 1.62. The highest BCUT2D eigenvalue weighted by atomic mass is 35.5. The molecule has 0 aliphatic carbocycles. The molecule has 4 rings (SSSR count). The minimum atomic E-state index is -0.333.